The summed E-state index contributed by atoms with van der Waals surface area (Å²) >= 11 is 0. The summed E-state index contributed by atoms with van der Waals surface area (Å²) in [5.41, 5.74) is 2.56. The molecule has 0 spiro atoms. The summed E-state index contributed by atoms with van der Waals surface area (Å²) in [6.45, 7) is 1.43. The van der Waals surface area contributed by atoms with Gasteiger partial charge in [0.05, 0.1) is 11.3 Å². The molecule has 3 rings (SSSR count). The molecule has 2 heterocycles. The minimum Gasteiger partial charge on any atom is -0.442 e. The number of aromatic nitrogens is 2. The van der Waals surface area contributed by atoms with Crippen LogP contribution in [0.25, 0.3) is 11.1 Å². The van der Waals surface area contributed by atoms with Crippen LogP contribution in [0.15, 0.2) is 29.5 Å². The second kappa shape index (κ2) is 5.41. The van der Waals surface area contributed by atoms with Gasteiger partial charge in [0.25, 0.3) is 0 Å². The lowest BCUT2D eigenvalue weighted by Crippen LogP contribution is -2.30. The molecule has 1 aromatic carbocycles. The molecule has 1 aliphatic heterocycles. The standard InChI is InChI=1S/C14H11F3N4O2/c1-7-10(5-18-19-7)9-3-2-8(4-11(9)14(15,16)17)12-6-23-13(22)21-20-12/h2-5H,6H2,1H3,(H,18,19)(H,21,22). The van der Waals surface area contributed by atoms with Gasteiger partial charge in [-0.05, 0) is 18.6 Å². The maximum atomic E-state index is 13.4. The van der Waals surface area contributed by atoms with Crippen LogP contribution < -0.4 is 5.43 Å². The fourth-order valence-corrected chi connectivity index (χ4v) is 2.28. The lowest BCUT2D eigenvalue weighted by molar-refractivity contribution is -0.137. The van der Waals surface area contributed by atoms with Gasteiger partial charge < -0.3 is 4.74 Å². The quantitative estimate of drug-likeness (QED) is 0.891. The molecule has 0 fully saturated rings. The number of nitrogens with zero attached hydrogens (tertiary/aromatic N) is 2. The smallest absolute Gasteiger partial charge is 0.428 e. The first-order valence-electron chi connectivity index (χ1n) is 6.58. The molecule has 0 aliphatic carbocycles. The lowest BCUT2D eigenvalue weighted by Gasteiger charge is -2.17. The molecule has 0 radical (unpaired) electrons. The third-order valence-corrected chi connectivity index (χ3v) is 3.40. The van der Waals surface area contributed by atoms with Crippen molar-refractivity contribution >= 4 is 11.8 Å². The number of hydrazone groups is 1. The Bertz CT molecular complexity index is 796. The van der Waals surface area contributed by atoms with Gasteiger partial charge in [0.2, 0.25) is 0 Å². The highest BCUT2D eigenvalue weighted by atomic mass is 19.4. The molecular formula is C14H11F3N4O2. The molecule has 9 heteroatoms. The summed E-state index contributed by atoms with van der Waals surface area (Å²) in [6, 6.07) is 3.84. The molecule has 2 aromatic rings. The average molecular weight is 324 g/mol. The van der Waals surface area contributed by atoms with Gasteiger partial charge in [-0.3, -0.25) is 5.10 Å². The van der Waals surface area contributed by atoms with E-state index in [2.05, 4.69) is 20.7 Å². The largest absolute Gasteiger partial charge is 0.442 e. The number of benzene rings is 1. The number of amides is 1. The number of carbonyl (C=O) groups is 1. The first-order chi connectivity index (χ1) is 10.9. The number of nitrogens with one attached hydrogen (secondary N) is 2. The number of aromatic amines is 1. The minimum atomic E-state index is -4.55. The zero-order chi connectivity index (χ0) is 16.6. The van der Waals surface area contributed by atoms with Gasteiger partial charge in [-0.1, -0.05) is 12.1 Å². The Labute approximate surface area is 128 Å². The van der Waals surface area contributed by atoms with Crippen LogP contribution in [0, 0.1) is 6.92 Å². The van der Waals surface area contributed by atoms with Crippen LogP contribution in [-0.2, 0) is 10.9 Å². The van der Waals surface area contributed by atoms with Crippen molar-refractivity contribution in [2.75, 3.05) is 6.61 Å². The number of alkyl halides is 3. The monoisotopic (exact) mass is 324 g/mol. The summed E-state index contributed by atoms with van der Waals surface area (Å²) in [6.07, 6.45) is -3.87. The second-order valence-electron chi connectivity index (χ2n) is 4.89. The third-order valence-electron chi connectivity index (χ3n) is 3.40. The van der Waals surface area contributed by atoms with E-state index in [0.717, 1.165) is 6.07 Å². The van der Waals surface area contributed by atoms with Gasteiger partial charge in [-0.2, -0.15) is 23.4 Å². The molecule has 0 saturated carbocycles. The number of hydrogen-bond acceptors (Lipinski definition) is 4. The van der Waals surface area contributed by atoms with Crippen LogP contribution in [0.4, 0.5) is 18.0 Å². The molecule has 1 aliphatic rings. The van der Waals surface area contributed by atoms with E-state index in [1.807, 2.05) is 0 Å². The molecule has 120 valence electrons. The van der Waals surface area contributed by atoms with Crippen LogP contribution in [0.5, 0.6) is 0 Å². The Morgan fingerprint density at radius 1 is 1.26 bits per heavy atom. The van der Waals surface area contributed by atoms with Crippen molar-refractivity contribution in [2.45, 2.75) is 13.1 Å². The van der Waals surface area contributed by atoms with Crippen molar-refractivity contribution in [2.24, 2.45) is 5.10 Å². The van der Waals surface area contributed by atoms with Crippen molar-refractivity contribution in [3.05, 3.63) is 41.2 Å². The molecule has 23 heavy (non-hydrogen) atoms. The Morgan fingerprint density at radius 3 is 2.61 bits per heavy atom. The highest BCUT2D eigenvalue weighted by molar-refractivity contribution is 6.04. The SMILES string of the molecule is Cc1n[nH]cc1-c1ccc(C2=NNC(=O)OC2)cc1C(F)(F)F. The Hall–Kier alpha value is -2.84. The zero-order valence-corrected chi connectivity index (χ0v) is 11.9. The molecular weight excluding hydrogens is 313 g/mol. The summed E-state index contributed by atoms with van der Waals surface area (Å²) in [5.74, 6) is 0. The molecule has 0 atom stereocenters. The van der Waals surface area contributed by atoms with Gasteiger partial charge >= 0.3 is 12.3 Å². The minimum absolute atomic E-state index is 0.0221. The number of cyclic esters (lactones) is 1. The number of ether oxygens (including phenoxy) is 1. The van der Waals surface area contributed by atoms with Gasteiger partial charge in [-0.25, -0.2) is 10.2 Å². The van der Waals surface area contributed by atoms with E-state index < -0.39 is 17.8 Å². The van der Waals surface area contributed by atoms with E-state index >= 15 is 0 Å². The topological polar surface area (TPSA) is 79.4 Å². The van der Waals surface area contributed by atoms with Gasteiger partial charge in [0.1, 0.15) is 12.3 Å². The van der Waals surface area contributed by atoms with Gasteiger partial charge in [-0.15, -0.1) is 0 Å². The predicted octanol–water partition coefficient (Wildman–Crippen LogP) is 2.85. The van der Waals surface area contributed by atoms with Gasteiger partial charge in [0.15, 0.2) is 0 Å². The fraction of sp³-hybridized carbons (Fsp3) is 0.214. The maximum absolute atomic E-state index is 13.4. The molecule has 6 nitrogen and oxygen atoms in total. The van der Waals surface area contributed by atoms with E-state index in [1.165, 1.54) is 18.3 Å². The molecule has 2 N–H and O–H groups in total. The van der Waals surface area contributed by atoms with E-state index in [4.69, 9.17) is 4.74 Å². The van der Waals surface area contributed by atoms with Crippen LogP contribution >= 0.6 is 0 Å². The fourth-order valence-electron chi connectivity index (χ4n) is 2.28. The molecule has 1 amide bonds. The Morgan fingerprint density at radius 2 is 2.04 bits per heavy atom. The lowest BCUT2D eigenvalue weighted by atomic mass is 9.96. The van der Waals surface area contributed by atoms with Crippen molar-refractivity contribution in [1.29, 1.82) is 0 Å². The second-order valence-corrected chi connectivity index (χ2v) is 4.89. The maximum Gasteiger partial charge on any atom is 0.428 e. The highest BCUT2D eigenvalue weighted by Gasteiger charge is 2.35. The summed E-state index contributed by atoms with van der Waals surface area (Å²) in [7, 11) is 0. The van der Waals surface area contributed by atoms with Crippen LogP contribution in [0.2, 0.25) is 0 Å². The number of hydrogen-bond donors (Lipinski definition) is 2. The summed E-state index contributed by atoms with van der Waals surface area (Å²) in [5, 5.41) is 10.1. The van der Waals surface area contributed by atoms with Crippen molar-refractivity contribution < 1.29 is 22.7 Å². The van der Waals surface area contributed by atoms with E-state index in [-0.39, 0.29) is 23.4 Å². The molecule has 0 unspecified atom stereocenters. The summed E-state index contributed by atoms with van der Waals surface area (Å²) < 4.78 is 44.9. The molecule has 0 saturated heterocycles. The Kier molecular flexibility index (Phi) is 3.55. The number of rotatable bonds is 2. The van der Waals surface area contributed by atoms with E-state index in [9.17, 15) is 18.0 Å². The highest BCUT2D eigenvalue weighted by Crippen LogP contribution is 2.38. The van der Waals surface area contributed by atoms with E-state index in [1.54, 1.807) is 6.92 Å². The molecule has 1 aromatic heterocycles. The predicted molar refractivity (Wildman–Crippen MR) is 74.8 cm³/mol. The normalized spacial score (nSPS) is 15.0. The van der Waals surface area contributed by atoms with Crippen LogP contribution in [0.1, 0.15) is 16.8 Å². The van der Waals surface area contributed by atoms with Crippen LogP contribution in [0.3, 0.4) is 0 Å². The first-order valence-corrected chi connectivity index (χ1v) is 6.58. The third kappa shape index (κ3) is 2.89. The van der Waals surface area contributed by atoms with Crippen molar-refractivity contribution in [3.8, 4) is 11.1 Å². The summed E-state index contributed by atoms with van der Waals surface area (Å²) in [4.78, 5) is 10.9. The Balaban J connectivity index is 2.10. The number of aryl methyl sites for hydroxylation is 1. The van der Waals surface area contributed by atoms with E-state index in [0.29, 0.717) is 11.3 Å². The molecule has 0 bridgehead atoms. The number of halogens is 3. The van der Waals surface area contributed by atoms with Gasteiger partial charge in [0, 0.05) is 17.3 Å². The van der Waals surface area contributed by atoms with Crippen LogP contribution in [-0.4, -0.2) is 28.6 Å². The first kappa shape index (κ1) is 15.1. The van der Waals surface area contributed by atoms with Crippen molar-refractivity contribution in [3.63, 3.8) is 0 Å². The zero-order valence-electron chi connectivity index (χ0n) is 11.9. The number of H-pyrrole nitrogens is 1. The average Bonchev–Trinajstić information content (AvgIpc) is 2.93. The number of carbonyl (C=O) groups excluding carboxylic acids is 1. The van der Waals surface area contributed by atoms with Crippen molar-refractivity contribution in [1.82, 2.24) is 15.6 Å².